The summed E-state index contributed by atoms with van der Waals surface area (Å²) in [4.78, 5) is 28.8. The normalized spacial score (nSPS) is 29.8. The first kappa shape index (κ1) is 52.9. The Labute approximate surface area is 382 Å². The molecule has 0 aliphatic heterocycles. The van der Waals surface area contributed by atoms with Gasteiger partial charge in [-0.3, -0.25) is 9.59 Å². The number of hydrogen-bond acceptors (Lipinski definition) is 7. The Balaban J connectivity index is 1.28. The minimum absolute atomic E-state index is 0.0145. The van der Waals surface area contributed by atoms with Crippen LogP contribution < -0.4 is 5.73 Å². The molecule has 0 aromatic carbocycles. The zero-order valence-electron chi connectivity index (χ0n) is 42.8. The number of hydrogen-bond donors (Lipinski definition) is 1. The van der Waals surface area contributed by atoms with Crippen LogP contribution in [0.1, 0.15) is 199 Å². The molecule has 2 N–H and O–H groups in total. The van der Waals surface area contributed by atoms with E-state index in [0.29, 0.717) is 42.1 Å². The highest BCUT2D eigenvalue weighted by atomic mass is 16.5. The molecule has 0 aromatic heterocycles. The number of rotatable bonds is 25. The highest BCUT2D eigenvalue weighted by Gasteiger charge is 2.59. The van der Waals surface area contributed by atoms with Crippen molar-refractivity contribution in [2.24, 2.45) is 68.8 Å². The van der Waals surface area contributed by atoms with Crippen molar-refractivity contribution in [2.75, 3.05) is 33.9 Å². The van der Waals surface area contributed by atoms with Crippen molar-refractivity contribution < 1.29 is 23.8 Å². The molecule has 0 heterocycles. The van der Waals surface area contributed by atoms with Crippen LogP contribution in [-0.2, 0) is 23.8 Å². The number of carbonyl (C=O) groups excluding carboxylic acids is 2. The standard InChI is InChI=1S/C55H98N2O5/c1-39(2)21-18-22-41(5)45-27-28-46-44-26-25-42-37-43(29-32-53(42,10)47(44)30-33-54(45,46)11)60-35-17-15-16-23-48(62-49(58)24-19-34-57(13)14)52(8,9)55(12,56)50(59)61-36-20-31-51(6,7)38-40(3)4/h20,25,31,39-41,43-48H,15-19,21-24,26-30,32-38,56H2,1-14H3/b31-20+/t41-,43+,44?,45-,46?,47?,48?,53+,54-,55?/m1/s1. The lowest BCUT2D eigenvalue weighted by Gasteiger charge is -2.58. The Kier molecular flexibility index (Phi) is 19.3. The molecule has 5 unspecified atom stereocenters. The Bertz CT molecular complexity index is 1480. The molecular formula is C55H98N2O5. The quantitative estimate of drug-likeness (QED) is 0.0555. The Hall–Kier alpha value is -1.70. The summed E-state index contributed by atoms with van der Waals surface area (Å²) in [5.74, 6) is 5.02. The maximum atomic E-state index is 13.6. The van der Waals surface area contributed by atoms with E-state index in [9.17, 15) is 9.59 Å². The molecule has 0 spiro atoms. The van der Waals surface area contributed by atoms with E-state index in [1.165, 1.54) is 57.8 Å². The van der Waals surface area contributed by atoms with Gasteiger partial charge in [0, 0.05) is 18.4 Å². The molecule has 0 radical (unpaired) electrons. The number of carbonyl (C=O) groups is 2. The Morgan fingerprint density at radius 3 is 2.27 bits per heavy atom. The summed E-state index contributed by atoms with van der Waals surface area (Å²) in [5.41, 5.74) is 7.21. The molecule has 7 nitrogen and oxygen atoms in total. The van der Waals surface area contributed by atoms with E-state index in [1.54, 1.807) is 12.5 Å². The molecule has 0 amide bonds. The molecule has 4 rings (SSSR count). The first-order valence-corrected chi connectivity index (χ1v) is 25.7. The third kappa shape index (κ3) is 13.4. The van der Waals surface area contributed by atoms with Gasteiger partial charge in [0.25, 0.3) is 0 Å². The average molecular weight is 867 g/mol. The summed E-state index contributed by atoms with van der Waals surface area (Å²) in [7, 11) is 4.01. The fourth-order valence-corrected chi connectivity index (χ4v) is 13.3. The average Bonchev–Trinajstić information content (AvgIpc) is 3.53. The maximum absolute atomic E-state index is 13.6. The molecular weight excluding hydrogens is 769 g/mol. The number of ether oxygens (including phenoxy) is 3. The number of nitrogens with two attached hydrogens (primary N) is 1. The summed E-state index contributed by atoms with van der Waals surface area (Å²) < 4.78 is 18.6. The van der Waals surface area contributed by atoms with Gasteiger partial charge in [-0.2, -0.15) is 0 Å². The minimum Gasteiger partial charge on any atom is -0.462 e. The van der Waals surface area contributed by atoms with E-state index >= 15 is 0 Å². The van der Waals surface area contributed by atoms with Crippen LogP contribution in [0.2, 0.25) is 0 Å². The molecule has 358 valence electrons. The largest absolute Gasteiger partial charge is 0.462 e. The van der Waals surface area contributed by atoms with Crippen LogP contribution in [0.15, 0.2) is 23.8 Å². The van der Waals surface area contributed by atoms with Gasteiger partial charge in [0.2, 0.25) is 0 Å². The van der Waals surface area contributed by atoms with Gasteiger partial charge in [0.05, 0.1) is 6.10 Å². The van der Waals surface area contributed by atoms with Crippen LogP contribution in [0.3, 0.4) is 0 Å². The van der Waals surface area contributed by atoms with E-state index in [-0.39, 0.29) is 18.0 Å². The topological polar surface area (TPSA) is 91.1 Å². The van der Waals surface area contributed by atoms with Crippen molar-refractivity contribution in [2.45, 2.75) is 216 Å². The molecule has 7 heteroatoms. The van der Waals surface area contributed by atoms with Crippen molar-refractivity contribution in [1.29, 1.82) is 0 Å². The van der Waals surface area contributed by atoms with Crippen molar-refractivity contribution in [3.05, 3.63) is 23.8 Å². The van der Waals surface area contributed by atoms with E-state index in [4.69, 9.17) is 19.9 Å². The Morgan fingerprint density at radius 1 is 0.871 bits per heavy atom. The monoisotopic (exact) mass is 867 g/mol. The molecule has 0 bridgehead atoms. The summed E-state index contributed by atoms with van der Waals surface area (Å²) in [5, 5.41) is 0. The first-order valence-electron chi connectivity index (χ1n) is 25.7. The molecule has 62 heavy (non-hydrogen) atoms. The first-order chi connectivity index (χ1) is 28.9. The van der Waals surface area contributed by atoms with Gasteiger partial charge in [-0.15, -0.1) is 0 Å². The van der Waals surface area contributed by atoms with Gasteiger partial charge in [0.1, 0.15) is 18.2 Å². The number of nitrogens with zero attached hydrogens (tertiary/aromatic N) is 1. The Morgan fingerprint density at radius 2 is 1.60 bits per heavy atom. The van der Waals surface area contributed by atoms with Crippen molar-refractivity contribution >= 4 is 11.9 Å². The van der Waals surface area contributed by atoms with Crippen LogP contribution >= 0.6 is 0 Å². The minimum atomic E-state index is -1.36. The van der Waals surface area contributed by atoms with E-state index in [2.05, 4.69) is 79.4 Å². The van der Waals surface area contributed by atoms with Crippen LogP contribution in [0, 0.1) is 63.1 Å². The predicted octanol–water partition coefficient (Wildman–Crippen LogP) is 13.1. The summed E-state index contributed by atoms with van der Waals surface area (Å²) in [6.45, 7) is 28.8. The molecule has 10 atom stereocenters. The van der Waals surface area contributed by atoms with E-state index in [1.807, 2.05) is 34.0 Å². The van der Waals surface area contributed by atoms with E-state index < -0.39 is 23.0 Å². The van der Waals surface area contributed by atoms with Gasteiger partial charge in [-0.1, -0.05) is 126 Å². The SMILES string of the molecule is CC(C)CCC[C@@H](C)[C@H]1CCC2C3CC=C4C[C@@H](OCCCCCC(OC(=O)CCCN(C)C)C(C)(C)C(C)(N)C(=O)OC/C=C/C(C)(C)CC(C)C)CC[C@]4(C)C3CC[C@@]21C. The second-order valence-corrected chi connectivity index (χ2v) is 24.3. The zero-order chi connectivity index (χ0) is 46.1. The molecule has 0 saturated heterocycles. The third-order valence-electron chi connectivity index (χ3n) is 17.4. The van der Waals surface area contributed by atoms with Gasteiger partial charge >= 0.3 is 11.9 Å². The number of fused-ring (bicyclic) bond motifs is 5. The van der Waals surface area contributed by atoms with Crippen LogP contribution in [0.25, 0.3) is 0 Å². The molecule has 4 aliphatic rings. The number of esters is 2. The van der Waals surface area contributed by atoms with Crippen molar-refractivity contribution in [3.8, 4) is 0 Å². The van der Waals surface area contributed by atoms with Crippen LogP contribution in [0.5, 0.6) is 0 Å². The van der Waals surface area contributed by atoms with Crippen LogP contribution in [0.4, 0.5) is 0 Å². The van der Waals surface area contributed by atoms with Gasteiger partial charge in [-0.25, -0.2) is 0 Å². The summed E-state index contributed by atoms with van der Waals surface area (Å²) in [6.07, 6.45) is 26.7. The lowest BCUT2D eigenvalue weighted by Crippen LogP contribution is -2.62. The highest BCUT2D eigenvalue weighted by molar-refractivity contribution is 5.81. The number of unbranched alkanes of at least 4 members (excludes halogenated alkanes) is 2. The van der Waals surface area contributed by atoms with Gasteiger partial charge in [-0.05, 0) is 169 Å². The van der Waals surface area contributed by atoms with E-state index in [0.717, 1.165) is 87.2 Å². The van der Waals surface area contributed by atoms with Crippen LogP contribution in [-0.4, -0.2) is 68.4 Å². The van der Waals surface area contributed by atoms with Gasteiger partial charge < -0.3 is 24.8 Å². The maximum Gasteiger partial charge on any atom is 0.326 e. The predicted molar refractivity (Wildman–Crippen MR) is 259 cm³/mol. The molecule has 3 fully saturated rings. The summed E-state index contributed by atoms with van der Waals surface area (Å²) >= 11 is 0. The second kappa shape index (κ2) is 22.7. The smallest absolute Gasteiger partial charge is 0.326 e. The third-order valence-corrected chi connectivity index (χ3v) is 17.4. The molecule has 3 saturated carbocycles. The lowest BCUT2D eigenvalue weighted by atomic mass is 9.47. The number of allylic oxidation sites excluding steroid dienone is 2. The molecule has 4 aliphatic carbocycles. The highest BCUT2D eigenvalue weighted by Crippen LogP contribution is 2.67. The molecule has 0 aromatic rings. The van der Waals surface area contributed by atoms with Gasteiger partial charge in [0.15, 0.2) is 0 Å². The zero-order valence-corrected chi connectivity index (χ0v) is 42.8. The van der Waals surface area contributed by atoms with Crippen molar-refractivity contribution in [3.63, 3.8) is 0 Å². The second-order valence-electron chi connectivity index (χ2n) is 24.3. The van der Waals surface area contributed by atoms with Crippen molar-refractivity contribution in [1.82, 2.24) is 4.90 Å². The fraction of sp³-hybridized carbons (Fsp3) is 0.891. The lowest BCUT2D eigenvalue weighted by molar-refractivity contribution is -0.169. The fourth-order valence-electron chi connectivity index (χ4n) is 13.3. The summed E-state index contributed by atoms with van der Waals surface area (Å²) in [6, 6.07) is 0.